The summed E-state index contributed by atoms with van der Waals surface area (Å²) in [5, 5.41) is 9.93. The van der Waals surface area contributed by atoms with Gasteiger partial charge in [0.05, 0.1) is 6.10 Å². The molecule has 3 aliphatic rings. The summed E-state index contributed by atoms with van der Waals surface area (Å²) in [4.78, 5) is 11.9. The van der Waals surface area contributed by atoms with Gasteiger partial charge in [0.2, 0.25) is 0 Å². The predicted molar refractivity (Wildman–Crippen MR) is 52.5 cm³/mol. The molecule has 0 spiro atoms. The Kier molecular flexibility index (Phi) is 1.55. The van der Waals surface area contributed by atoms with E-state index in [9.17, 15) is 9.90 Å². The van der Waals surface area contributed by atoms with Gasteiger partial charge in [-0.05, 0) is 36.8 Å². The van der Waals surface area contributed by atoms with Crippen LogP contribution in [0.2, 0.25) is 0 Å². The van der Waals surface area contributed by atoms with Gasteiger partial charge in [-0.3, -0.25) is 4.79 Å². The molecule has 2 bridgehead atoms. The number of Topliss-reactive ketones (excluding diaryl/α,β-unsaturated/α-hetero) is 1. The molecule has 0 saturated heterocycles. The predicted octanol–water partition coefficient (Wildman–Crippen LogP) is 1.31. The highest BCUT2D eigenvalue weighted by atomic mass is 16.3. The Bertz CT molecular complexity index is 353. The summed E-state index contributed by atoms with van der Waals surface area (Å²) in [6.45, 7) is 1.82. The molecule has 5 atom stereocenters. The van der Waals surface area contributed by atoms with Crippen molar-refractivity contribution in [1.82, 2.24) is 0 Å². The van der Waals surface area contributed by atoms with E-state index >= 15 is 0 Å². The number of carbonyl (C=O) groups excluding carboxylic acids is 1. The zero-order valence-corrected chi connectivity index (χ0v) is 8.18. The third kappa shape index (κ3) is 0.871. The van der Waals surface area contributed by atoms with E-state index in [4.69, 9.17) is 0 Å². The smallest absolute Gasteiger partial charge is 0.162 e. The molecule has 14 heavy (non-hydrogen) atoms. The average molecular weight is 190 g/mol. The fraction of sp³-hybridized carbons (Fsp3) is 0.583. The van der Waals surface area contributed by atoms with E-state index in [1.165, 1.54) is 0 Å². The van der Waals surface area contributed by atoms with Crippen LogP contribution in [0, 0.1) is 23.7 Å². The molecule has 0 aromatic rings. The van der Waals surface area contributed by atoms with Gasteiger partial charge in [0, 0.05) is 11.8 Å². The van der Waals surface area contributed by atoms with Crippen molar-refractivity contribution < 1.29 is 9.90 Å². The summed E-state index contributed by atoms with van der Waals surface area (Å²) in [6.07, 6.45) is 6.74. The van der Waals surface area contributed by atoms with Crippen molar-refractivity contribution in [3.8, 4) is 0 Å². The minimum Gasteiger partial charge on any atom is -0.389 e. The molecule has 5 unspecified atom stereocenters. The Morgan fingerprint density at radius 3 is 2.86 bits per heavy atom. The maximum atomic E-state index is 11.9. The van der Waals surface area contributed by atoms with Crippen molar-refractivity contribution in [2.24, 2.45) is 23.7 Å². The van der Waals surface area contributed by atoms with Crippen LogP contribution in [0.4, 0.5) is 0 Å². The molecular formula is C12H14O2. The first-order valence-electron chi connectivity index (χ1n) is 5.27. The molecule has 0 aliphatic heterocycles. The molecule has 74 valence electrons. The number of allylic oxidation sites excluding steroid dienone is 3. The van der Waals surface area contributed by atoms with Crippen LogP contribution in [0.25, 0.3) is 0 Å². The highest BCUT2D eigenvalue weighted by Gasteiger charge is 2.52. The van der Waals surface area contributed by atoms with Crippen molar-refractivity contribution in [2.45, 2.75) is 19.4 Å². The molecule has 2 heteroatoms. The Morgan fingerprint density at radius 1 is 1.36 bits per heavy atom. The van der Waals surface area contributed by atoms with E-state index in [1.54, 1.807) is 6.08 Å². The number of hydrogen-bond donors (Lipinski definition) is 1. The van der Waals surface area contributed by atoms with E-state index in [-0.39, 0.29) is 17.6 Å². The van der Waals surface area contributed by atoms with Gasteiger partial charge in [-0.1, -0.05) is 12.2 Å². The Hall–Kier alpha value is -0.890. The molecule has 1 fully saturated rings. The van der Waals surface area contributed by atoms with Gasteiger partial charge in [-0.2, -0.15) is 0 Å². The highest BCUT2D eigenvalue weighted by Crippen LogP contribution is 2.52. The first-order chi connectivity index (χ1) is 6.68. The molecule has 1 N–H and O–H groups in total. The Morgan fingerprint density at radius 2 is 2.07 bits per heavy atom. The largest absolute Gasteiger partial charge is 0.389 e. The maximum absolute atomic E-state index is 11.9. The minimum atomic E-state index is -0.405. The first kappa shape index (κ1) is 8.42. The van der Waals surface area contributed by atoms with Gasteiger partial charge in [0.25, 0.3) is 0 Å². The van der Waals surface area contributed by atoms with E-state index in [0.717, 1.165) is 12.0 Å². The van der Waals surface area contributed by atoms with Crippen LogP contribution in [0.5, 0.6) is 0 Å². The summed E-state index contributed by atoms with van der Waals surface area (Å²) in [5.41, 5.74) is 0.750. The molecule has 0 aromatic heterocycles. The second-order valence-electron chi connectivity index (χ2n) is 4.76. The molecule has 3 rings (SSSR count). The summed E-state index contributed by atoms with van der Waals surface area (Å²) in [5.74, 6) is 1.34. The van der Waals surface area contributed by atoms with Crippen LogP contribution < -0.4 is 0 Å². The molecule has 0 aromatic carbocycles. The van der Waals surface area contributed by atoms with Crippen LogP contribution in [0.15, 0.2) is 23.8 Å². The lowest BCUT2D eigenvalue weighted by molar-refractivity contribution is -0.123. The molecule has 0 radical (unpaired) electrons. The van der Waals surface area contributed by atoms with Gasteiger partial charge in [-0.25, -0.2) is 0 Å². The van der Waals surface area contributed by atoms with Gasteiger partial charge in [-0.15, -0.1) is 0 Å². The van der Waals surface area contributed by atoms with Gasteiger partial charge in [0.1, 0.15) is 0 Å². The number of hydrogen-bond acceptors (Lipinski definition) is 2. The highest BCUT2D eigenvalue weighted by molar-refractivity contribution is 5.98. The van der Waals surface area contributed by atoms with E-state index in [0.29, 0.717) is 11.8 Å². The minimum absolute atomic E-state index is 0.0741. The van der Waals surface area contributed by atoms with Crippen LogP contribution in [-0.4, -0.2) is 17.0 Å². The van der Waals surface area contributed by atoms with E-state index in [1.807, 2.05) is 6.92 Å². The normalized spacial score (nSPS) is 49.4. The number of aliphatic hydroxyl groups is 1. The number of fused-ring (bicyclic) bond motifs is 5. The van der Waals surface area contributed by atoms with Crippen molar-refractivity contribution >= 4 is 5.78 Å². The fourth-order valence-electron chi connectivity index (χ4n) is 3.41. The summed E-state index contributed by atoms with van der Waals surface area (Å²) in [6, 6.07) is 0. The summed E-state index contributed by atoms with van der Waals surface area (Å²) < 4.78 is 0. The zero-order chi connectivity index (χ0) is 9.87. The molecular weight excluding hydrogens is 176 g/mol. The summed E-state index contributed by atoms with van der Waals surface area (Å²) in [7, 11) is 0. The molecule has 0 amide bonds. The van der Waals surface area contributed by atoms with Crippen LogP contribution in [0.3, 0.4) is 0 Å². The van der Waals surface area contributed by atoms with Crippen molar-refractivity contribution in [3.63, 3.8) is 0 Å². The van der Waals surface area contributed by atoms with Gasteiger partial charge in [0.15, 0.2) is 5.78 Å². The second kappa shape index (κ2) is 2.57. The van der Waals surface area contributed by atoms with Crippen LogP contribution in [-0.2, 0) is 4.79 Å². The van der Waals surface area contributed by atoms with Crippen LogP contribution in [0.1, 0.15) is 13.3 Å². The third-order valence-electron chi connectivity index (χ3n) is 4.03. The first-order valence-corrected chi connectivity index (χ1v) is 5.27. The van der Waals surface area contributed by atoms with Crippen molar-refractivity contribution in [2.75, 3.05) is 0 Å². The quantitative estimate of drug-likeness (QED) is 0.585. The third-order valence-corrected chi connectivity index (χ3v) is 4.03. The lowest BCUT2D eigenvalue weighted by atomic mass is 9.72. The zero-order valence-electron chi connectivity index (χ0n) is 8.18. The summed E-state index contributed by atoms with van der Waals surface area (Å²) >= 11 is 0. The Labute approximate surface area is 83.3 Å². The second-order valence-corrected chi connectivity index (χ2v) is 4.76. The van der Waals surface area contributed by atoms with E-state index < -0.39 is 6.10 Å². The average Bonchev–Trinajstić information content (AvgIpc) is 2.73. The lowest BCUT2D eigenvalue weighted by Gasteiger charge is -2.33. The molecule has 3 aliphatic carbocycles. The van der Waals surface area contributed by atoms with Crippen molar-refractivity contribution in [1.29, 1.82) is 0 Å². The van der Waals surface area contributed by atoms with Crippen LogP contribution >= 0.6 is 0 Å². The number of aliphatic hydroxyl groups excluding tert-OH is 1. The van der Waals surface area contributed by atoms with Gasteiger partial charge < -0.3 is 5.11 Å². The monoisotopic (exact) mass is 190 g/mol. The van der Waals surface area contributed by atoms with Crippen molar-refractivity contribution in [3.05, 3.63) is 23.8 Å². The number of rotatable bonds is 0. The SMILES string of the molecule is CC1=CC(O)C2C3C=CC(C3)C2C1=O. The molecule has 1 saturated carbocycles. The van der Waals surface area contributed by atoms with Gasteiger partial charge >= 0.3 is 0 Å². The number of carbonyl (C=O) groups is 1. The molecule has 0 heterocycles. The standard InChI is InChI=1S/C12H14O2/c1-6-4-9(13)10-7-2-3-8(5-7)11(10)12(6)14/h2-4,7-11,13H,5H2,1H3. The fourth-order valence-corrected chi connectivity index (χ4v) is 3.41. The topological polar surface area (TPSA) is 37.3 Å². The lowest BCUT2D eigenvalue weighted by Crippen LogP contribution is -2.39. The van der Waals surface area contributed by atoms with E-state index in [2.05, 4.69) is 12.2 Å². The maximum Gasteiger partial charge on any atom is 0.162 e. The molecule has 2 nitrogen and oxygen atoms in total. The Balaban J connectivity index is 2.06. The number of ketones is 1.